The van der Waals surface area contributed by atoms with Gasteiger partial charge in [-0.05, 0) is 48.0 Å². The molecule has 1 heterocycles. The van der Waals surface area contributed by atoms with Crippen molar-refractivity contribution < 1.29 is 24.1 Å². The lowest BCUT2D eigenvalue weighted by Gasteiger charge is -2.39. The number of nitrogens with one attached hydrogen (secondary N) is 1. The highest BCUT2D eigenvalue weighted by molar-refractivity contribution is 5.68. The number of carbonyl (C=O) groups excluding carboxylic acids is 1. The van der Waals surface area contributed by atoms with Crippen molar-refractivity contribution in [3.63, 3.8) is 0 Å². The summed E-state index contributed by atoms with van der Waals surface area (Å²) in [5.74, 6) is 0. The summed E-state index contributed by atoms with van der Waals surface area (Å²) in [5.41, 5.74) is -0.570. The molecule has 0 aromatic rings. The molecule has 0 spiro atoms. The van der Waals surface area contributed by atoms with Crippen molar-refractivity contribution in [2.24, 2.45) is 0 Å². The molecule has 6 nitrogen and oxygen atoms in total. The fourth-order valence-corrected chi connectivity index (χ4v) is 2.04. The molecular weight excluding hydrogens is 262 g/mol. The highest BCUT2D eigenvalue weighted by Gasteiger charge is 2.38. The normalized spacial score (nSPS) is 31.2. The van der Waals surface area contributed by atoms with E-state index in [1.807, 2.05) is 20.8 Å². The summed E-state index contributed by atoms with van der Waals surface area (Å²) in [7, 11) is 0. The van der Waals surface area contributed by atoms with Crippen LogP contribution in [0.1, 0.15) is 48.0 Å². The molecule has 6 heteroatoms. The molecule has 2 N–H and O–H groups in total. The summed E-state index contributed by atoms with van der Waals surface area (Å²) < 4.78 is 16.3. The molecule has 1 rings (SSSR count). The number of carbonyl (C=O) groups is 1. The molecule has 1 fully saturated rings. The zero-order chi connectivity index (χ0) is 15.5. The lowest BCUT2D eigenvalue weighted by atomic mass is 10.0. The first kappa shape index (κ1) is 17.2. The molecule has 1 amide bonds. The van der Waals surface area contributed by atoms with Crippen molar-refractivity contribution in [1.29, 1.82) is 0 Å². The molecule has 1 aliphatic heterocycles. The van der Waals surface area contributed by atoms with Gasteiger partial charge >= 0.3 is 6.09 Å². The second-order valence-corrected chi connectivity index (χ2v) is 6.48. The number of alkyl carbamates (subject to hydrolysis) is 1. The van der Waals surface area contributed by atoms with E-state index >= 15 is 0 Å². The van der Waals surface area contributed by atoms with Crippen LogP contribution in [0.3, 0.4) is 0 Å². The topological polar surface area (TPSA) is 77.0 Å². The van der Waals surface area contributed by atoms with Gasteiger partial charge in [0.25, 0.3) is 0 Å². The van der Waals surface area contributed by atoms with Gasteiger partial charge in [-0.25, -0.2) is 4.79 Å². The molecule has 118 valence electrons. The standard InChI is InChI=1S/C14H27NO5/c1-8(2)18-12-11(16)10(7-9(3)19-12)15-13(17)20-14(4,5)6/h8-12,16H,7H2,1-6H3,(H,15,17)/t9?,10?,11?,12-/m1/s1. The Bertz CT molecular complexity index is 324. The fraction of sp³-hybridized carbons (Fsp3) is 0.929. The Kier molecular flexibility index (Phi) is 5.79. The van der Waals surface area contributed by atoms with E-state index in [1.165, 1.54) is 0 Å². The number of ether oxygens (including phenoxy) is 3. The summed E-state index contributed by atoms with van der Waals surface area (Å²) >= 11 is 0. The van der Waals surface area contributed by atoms with Gasteiger partial charge in [-0.2, -0.15) is 0 Å². The molecule has 0 aliphatic carbocycles. The maximum absolute atomic E-state index is 11.8. The average molecular weight is 289 g/mol. The highest BCUT2D eigenvalue weighted by Crippen LogP contribution is 2.22. The molecule has 0 saturated carbocycles. The molecule has 0 bridgehead atoms. The van der Waals surface area contributed by atoms with E-state index in [0.29, 0.717) is 6.42 Å². The van der Waals surface area contributed by atoms with Crippen molar-refractivity contribution in [3.05, 3.63) is 0 Å². The van der Waals surface area contributed by atoms with Crippen LogP contribution in [-0.2, 0) is 14.2 Å². The van der Waals surface area contributed by atoms with Crippen molar-refractivity contribution in [2.45, 2.75) is 84.2 Å². The molecule has 0 aromatic heterocycles. The SMILES string of the molecule is CC(C)O[C@@H]1OC(C)CC(NC(=O)OC(C)(C)C)C1O. The summed E-state index contributed by atoms with van der Waals surface area (Å²) in [4.78, 5) is 11.8. The Hall–Kier alpha value is -0.850. The molecule has 1 aliphatic rings. The third-order valence-corrected chi connectivity index (χ3v) is 2.75. The molecular formula is C14H27NO5. The third kappa shape index (κ3) is 5.64. The number of hydrogen-bond donors (Lipinski definition) is 2. The highest BCUT2D eigenvalue weighted by atomic mass is 16.7. The van der Waals surface area contributed by atoms with Gasteiger partial charge in [0.05, 0.1) is 18.2 Å². The summed E-state index contributed by atoms with van der Waals surface area (Å²) in [6, 6.07) is -0.447. The lowest BCUT2D eigenvalue weighted by molar-refractivity contribution is -0.255. The quantitative estimate of drug-likeness (QED) is 0.828. The molecule has 0 aromatic carbocycles. The van der Waals surface area contributed by atoms with Crippen LogP contribution in [0.15, 0.2) is 0 Å². The molecule has 1 saturated heterocycles. The molecule has 0 radical (unpaired) electrons. The Morgan fingerprint density at radius 2 is 2.00 bits per heavy atom. The van der Waals surface area contributed by atoms with Gasteiger partial charge in [-0.3, -0.25) is 0 Å². The summed E-state index contributed by atoms with van der Waals surface area (Å²) in [6.07, 6.45) is -1.86. The summed E-state index contributed by atoms with van der Waals surface area (Å²) in [6.45, 7) is 11.0. The van der Waals surface area contributed by atoms with E-state index < -0.39 is 30.1 Å². The van der Waals surface area contributed by atoms with Crippen molar-refractivity contribution in [3.8, 4) is 0 Å². The first-order chi connectivity index (χ1) is 9.08. The van der Waals surface area contributed by atoms with Crippen LogP contribution < -0.4 is 5.32 Å². The largest absolute Gasteiger partial charge is 0.444 e. The number of amides is 1. The minimum absolute atomic E-state index is 0.0675. The first-order valence-electron chi connectivity index (χ1n) is 7.07. The maximum atomic E-state index is 11.8. The molecule has 4 atom stereocenters. The van der Waals surface area contributed by atoms with Gasteiger partial charge in [-0.1, -0.05) is 0 Å². The zero-order valence-corrected chi connectivity index (χ0v) is 13.2. The van der Waals surface area contributed by atoms with Crippen LogP contribution in [0.2, 0.25) is 0 Å². The van der Waals surface area contributed by atoms with Crippen LogP contribution in [-0.4, -0.2) is 47.4 Å². The van der Waals surface area contributed by atoms with Crippen LogP contribution in [0.5, 0.6) is 0 Å². The van der Waals surface area contributed by atoms with Gasteiger partial charge in [0.2, 0.25) is 0 Å². The second kappa shape index (κ2) is 6.74. The monoisotopic (exact) mass is 289 g/mol. The number of rotatable bonds is 3. The van der Waals surface area contributed by atoms with Crippen LogP contribution in [0.25, 0.3) is 0 Å². The number of hydrogen-bond acceptors (Lipinski definition) is 5. The predicted molar refractivity (Wildman–Crippen MR) is 74.3 cm³/mol. The van der Waals surface area contributed by atoms with Crippen molar-refractivity contribution in [2.75, 3.05) is 0 Å². The van der Waals surface area contributed by atoms with Crippen LogP contribution in [0, 0.1) is 0 Å². The minimum Gasteiger partial charge on any atom is -0.444 e. The fourth-order valence-electron chi connectivity index (χ4n) is 2.04. The second-order valence-electron chi connectivity index (χ2n) is 6.48. The van der Waals surface area contributed by atoms with E-state index in [1.54, 1.807) is 20.8 Å². The van der Waals surface area contributed by atoms with Gasteiger partial charge in [0, 0.05) is 0 Å². The zero-order valence-electron chi connectivity index (χ0n) is 13.2. The average Bonchev–Trinajstić information content (AvgIpc) is 2.21. The van der Waals surface area contributed by atoms with Crippen LogP contribution >= 0.6 is 0 Å². The third-order valence-electron chi connectivity index (χ3n) is 2.75. The number of aliphatic hydroxyl groups excluding tert-OH is 1. The Morgan fingerprint density at radius 3 is 2.50 bits per heavy atom. The maximum Gasteiger partial charge on any atom is 0.407 e. The van der Waals surface area contributed by atoms with E-state index in [2.05, 4.69) is 5.32 Å². The Balaban J connectivity index is 2.61. The minimum atomic E-state index is -0.916. The smallest absolute Gasteiger partial charge is 0.407 e. The van der Waals surface area contributed by atoms with E-state index in [0.717, 1.165) is 0 Å². The van der Waals surface area contributed by atoms with Gasteiger partial charge < -0.3 is 24.6 Å². The van der Waals surface area contributed by atoms with Gasteiger partial charge in [0.1, 0.15) is 11.7 Å². The Morgan fingerprint density at radius 1 is 1.40 bits per heavy atom. The number of aliphatic hydroxyl groups is 1. The first-order valence-corrected chi connectivity index (χ1v) is 7.07. The molecule has 20 heavy (non-hydrogen) atoms. The predicted octanol–water partition coefficient (Wildman–Crippen LogP) is 1.80. The van der Waals surface area contributed by atoms with E-state index in [-0.39, 0.29) is 12.2 Å². The van der Waals surface area contributed by atoms with Gasteiger partial charge in [-0.15, -0.1) is 0 Å². The van der Waals surface area contributed by atoms with E-state index in [4.69, 9.17) is 14.2 Å². The van der Waals surface area contributed by atoms with Crippen LogP contribution in [0.4, 0.5) is 4.79 Å². The van der Waals surface area contributed by atoms with E-state index in [9.17, 15) is 9.90 Å². The van der Waals surface area contributed by atoms with Crippen molar-refractivity contribution >= 4 is 6.09 Å². The molecule has 3 unspecified atom stereocenters. The summed E-state index contributed by atoms with van der Waals surface area (Å²) in [5, 5.41) is 12.9. The Labute approximate surface area is 120 Å². The van der Waals surface area contributed by atoms with Crippen molar-refractivity contribution in [1.82, 2.24) is 5.32 Å². The van der Waals surface area contributed by atoms with Gasteiger partial charge in [0.15, 0.2) is 6.29 Å². The lowest BCUT2D eigenvalue weighted by Crippen LogP contribution is -2.56.